The maximum Gasteiger partial charge on any atom is 0.261 e. The molecule has 2 N–H and O–H groups in total. The third kappa shape index (κ3) is 5.05. The summed E-state index contributed by atoms with van der Waals surface area (Å²) in [5.41, 5.74) is 3.23. The minimum absolute atomic E-state index is 0.0133. The number of hydrogen-bond acceptors (Lipinski definition) is 4. The predicted molar refractivity (Wildman–Crippen MR) is 122 cm³/mol. The highest BCUT2D eigenvalue weighted by Gasteiger charge is 2.34. The van der Waals surface area contributed by atoms with Crippen molar-refractivity contribution in [3.8, 4) is 5.75 Å². The number of nitrogens with one attached hydrogen (secondary N) is 2. The molecular formula is C24H30N4O3. The van der Waals surface area contributed by atoms with E-state index in [1.54, 1.807) is 38.4 Å². The Kier molecular flexibility index (Phi) is 7.28. The van der Waals surface area contributed by atoms with Crippen LogP contribution in [0.25, 0.3) is 0 Å². The van der Waals surface area contributed by atoms with Crippen LogP contribution in [0.4, 0.5) is 0 Å². The van der Waals surface area contributed by atoms with Gasteiger partial charge in [0.25, 0.3) is 11.8 Å². The highest BCUT2D eigenvalue weighted by atomic mass is 16.5. The van der Waals surface area contributed by atoms with Gasteiger partial charge in [0.2, 0.25) is 0 Å². The minimum atomic E-state index is -0.202. The zero-order chi connectivity index (χ0) is 22.4. The molecule has 0 saturated carbocycles. The third-order valence-electron chi connectivity index (χ3n) is 5.41. The summed E-state index contributed by atoms with van der Waals surface area (Å²) >= 11 is 0. The van der Waals surface area contributed by atoms with Crippen LogP contribution in [-0.4, -0.2) is 49.9 Å². The summed E-state index contributed by atoms with van der Waals surface area (Å²) in [5.74, 6) is 1.12. The Bertz CT molecular complexity index is 952. The highest BCUT2D eigenvalue weighted by molar-refractivity contribution is 6.21. The van der Waals surface area contributed by atoms with Crippen LogP contribution in [-0.2, 0) is 0 Å². The molecule has 2 aromatic carbocycles. The summed E-state index contributed by atoms with van der Waals surface area (Å²) in [4.78, 5) is 30.4. The number of nitrogens with zero attached hydrogens (tertiary/aromatic N) is 2. The molecule has 2 aromatic rings. The molecule has 164 valence electrons. The maximum atomic E-state index is 12.4. The van der Waals surface area contributed by atoms with E-state index in [1.165, 1.54) is 10.5 Å². The Morgan fingerprint density at radius 2 is 1.77 bits per heavy atom. The van der Waals surface area contributed by atoms with Gasteiger partial charge in [-0.25, -0.2) is 0 Å². The maximum absolute atomic E-state index is 12.4. The topological polar surface area (TPSA) is 83.0 Å². The second-order valence-corrected chi connectivity index (χ2v) is 7.63. The van der Waals surface area contributed by atoms with Gasteiger partial charge in [-0.1, -0.05) is 29.8 Å². The van der Waals surface area contributed by atoms with Gasteiger partial charge in [0.05, 0.1) is 24.3 Å². The van der Waals surface area contributed by atoms with Crippen LogP contribution in [0, 0.1) is 6.92 Å². The molecule has 1 atom stereocenters. The summed E-state index contributed by atoms with van der Waals surface area (Å²) in [6, 6.07) is 13.1. The van der Waals surface area contributed by atoms with Gasteiger partial charge in [0.1, 0.15) is 5.75 Å². The second-order valence-electron chi connectivity index (χ2n) is 7.63. The molecule has 2 amide bonds. The van der Waals surface area contributed by atoms with Crippen LogP contribution in [0.2, 0.25) is 0 Å². The highest BCUT2D eigenvalue weighted by Crippen LogP contribution is 2.26. The molecular weight excluding hydrogens is 392 g/mol. The number of carbonyl (C=O) groups excluding carboxylic acids is 2. The molecule has 7 nitrogen and oxygen atoms in total. The van der Waals surface area contributed by atoms with Crippen molar-refractivity contribution in [3.05, 3.63) is 64.7 Å². The predicted octanol–water partition coefficient (Wildman–Crippen LogP) is 3.31. The molecule has 0 radical (unpaired) electrons. The number of hydrogen-bond donors (Lipinski definition) is 2. The molecule has 1 unspecified atom stereocenters. The largest absolute Gasteiger partial charge is 0.496 e. The van der Waals surface area contributed by atoms with Crippen molar-refractivity contribution >= 4 is 17.8 Å². The number of methoxy groups -OCH3 is 1. The van der Waals surface area contributed by atoms with Gasteiger partial charge in [0, 0.05) is 25.7 Å². The van der Waals surface area contributed by atoms with Crippen LogP contribution >= 0.6 is 0 Å². The molecule has 0 saturated heterocycles. The molecule has 0 bridgehead atoms. The average molecular weight is 423 g/mol. The van der Waals surface area contributed by atoms with Crippen molar-refractivity contribution < 1.29 is 14.3 Å². The van der Waals surface area contributed by atoms with E-state index in [1.807, 2.05) is 12.1 Å². The first kappa shape index (κ1) is 22.3. The molecule has 1 heterocycles. The number of guanidine groups is 1. The number of unbranched alkanes of at least 4 members (excludes halogenated alkanes) is 1. The molecule has 0 fully saturated rings. The molecule has 31 heavy (non-hydrogen) atoms. The fourth-order valence-electron chi connectivity index (χ4n) is 3.71. The standard InChI is InChI=1S/C24H30N4O3/c1-16-11-12-21(31-4)20(15-16)17(2)27-24(25-3)26-13-7-8-14-28-22(29)18-9-5-6-10-19(18)23(28)30/h5-6,9-12,15,17H,7-8,13-14H2,1-4H3,(H2,25,26,27). The minimum Gasteiger partial charge on any atom is -0.496 e. The van der Waals surface area contributed by atoms with E-state index in [0.29, 0.717) is 30.2 Å². The quantitative estimate of drug-likeness (QED) is 0.295. The van der Waals surface area contributed by atoms with Gasteiger partial charge in [-0.05, 0) is 44.9 Å². The lowest BCUT2D eigenvalue weighted by Crippen LogP contribution is -2.39. The van der Waals surface area contributed by atoms with Crippen molar-refractivity contribution in [1.29, 1.82) is 0 Å². The Morgan fingerprint density at radius 3 is 2.39 bits per heavy atom. The van der Waals surface area contributed by atoms with E-state index in [0.717, 1.165) is 24.2 Å². The van der Waals surface area contributed by atoms with E-state index >= 15 is 0 Å². The first-order valence-corrected chi connectivity index (χ1v) is 10.5. The van der Waals surface area contributed by atoms with Crippen molar-refractivity contribution in [2.24, 2.45) is 4.99 Å². The number of carbonyl (C=O) groups is 2. The fraction of sp³-hybridized carbons (Fsp3) is 0.375. The lowest BCUT2D eigenvalue weighted by atomic mass is 10.0. The monoisotopic (exact) mass is 422 g/mol. The molecule has 7 heteroatoms. The Balaban J connectivity index is 1.46. The summed E-state index contributed by atoms with van der Waals surface area (Å²) in [7, 11) is 3.40. The van der Waals surface area contributed by atoms with Crippen LogP contribution in [0.15, 0.2) is 47.5 Å². The van der Waals surface area contributed by atoms with Crippen LogP contribution in [0.3, 0.4) is 0 Å². The molecule has 1 aliphatic rings. The SMILES string of the molecule is CN=C(NCCCCN1C(=O)c2ccccc2C1=O)NC(C)c1cc(C)ccc1OC. The molecule has 0 aliphatic carbocycles. The van der Waals surface area contributed by atoms with Crippen molar-refractivity contribution in [1.82, 2.24) is 15.5 Å². The van der Waals surface area contributed by atoms with Gasteiger partial charge in [0.15, 0.2) is 5.96 Å². The number of imide groups is 1. The number of amides is 2. The number of benzene rings is 2. The summed E-state index contributed by atoms with van der Waals surface area (Å²) in [5, 5.41) is 6.68. The van der Waals surface area contributed by atoms with E-state index in [2.05, 4.69) is 35.5 Å². The van der Waals surface area contributed by atoms with E-state index < -0.39 is 0 Å². The fourth-order valence-corrected chi connectivity index (χ4v) is 3.71. The van der Waals surface area contributed by atoms with Crippen LogP contribution in [0.5, 0.6) is 5.75 Å². The van der Waals surface area contributed by atoms with Gasteiger partial charge in [-0.3, -0.25) is 19.5 Å². The van der Waals surface area contributed by atoms with Gasteiger partial charge in [-0.15, -0.1) is 0 Å². The third-order valence-corrected chi connectivity index (χ3v) is 5.41. The molecule has 3 rings (SSSR count). The van der Waals surface area contributed by atoms with Crippen molar-refractivity contribution in [2.75, 3.05) is 27.2 Å². The lowest BCUT2D eigenvalue weighted by Gasteiger charge is -2.21. The van der Waals surface area contributed by atoms with Gasteiger partial charge < -0.3 is 15.4 Å². The van der Waals surface area contributed by atoms with Gasteiger partial charge >= 0.3 is 0 Å². The average Bonchev–Trinajstić information content (AvgIpc) is 3.02. The molecule has 1 aliphatic heterocycles. The first-order chi connectivity index (χ1) is 15.0. The smallest absolute Gasteiger partial charge is 0.261 e. The van der Waals surface area contributed by atoms with E-state index in [-0.39, 0.29) is 17.9 Å². The zero-order valence-corrected chi connectivity index (χ0v) is 18.6. The number of ether oxygens (including phenoxy) is 1. The van der Waals surface area contributed by atoms with Gasteiger partial charge in [-0.2, -0.15) is 0 Å². The van der Waals surface area contributed by atoms with E-state index in [9.17, 15) is 9.59 Å². The summed E-state index contributed by atoms with van der Waals surface area (Å²) < 4.78 is 5.48. The van der Waals surface area contributed by atoms with Crippen LogP contribution in [0.1, 0.15) is 57.7 Å². The summed E-state index contributed by atoms with van der Waals surface area (Å²) in [6.45, 7) is 5.21. The molecule has 0 spiro atoms. The first-order valence-electron chi connectivity index (χ1n) is 10.5. The normalized spacial score (nSPS) is 14.5. The Hall–Kier alpha value is -3.35. The van der Waals surface area contributed by atoms with Crippen molar-refractivity contribution in [2.45, 2.75) is 32.7 Å². The molecule has 0 aromatic heterocycles. The number of rotatable bonds is 8. The lowest BCUT2D eigenvalue weighted by molar-refractivity contribution is 0.0652. The number of aliphatic imine (C=N–C) groups is 1. The van der Waals surface area contributed by atoms with Crippen LogP contribution < -0.4 is 15.4 Å². The second kappa shape index (κ2) is 10.1. The van der Waals surface area contributed by atoms with Crippen molar-refractivity contribution in [3.63, 3.8) is 0 Å². The Labute approximate surface area is 183 Å². The summed E-state index contributed by atoms with van der Waals surface area (Å²) in [6.07, 6.45) is 1.52. The van der Waals surface area contributed by atoms with E-state index in [4.69, 9.17) is 4.74 Å². The number of aryl methyl sites for hydroxylation is 1. The zero-order valence-electron chi connectivity index (χ0n) is 18.6. The number of fused-ring (bicyclic) bond motifs is 1. The Morgan fingerprint density at radius 1 is 1.10 bits per heavy atom.